The summed E-state index contributed by atoms with van der Waals surface area (Å²) in [5.41, 5.74) is 3.46. The van der Waals surface area contributed by atoms with Gasteiger partial charge in [-0.15, -0.1) is 0 Å². The Kier molecular flexibility index (Phi) is 7.21. The number of nitrogens with one attached hydrogen (secondary N) is 4. The van der Waals surface area contributed by atoms with Gasteiger partial charge in [0.15, 0.2) is 11.5 Å². The lowest BCUT2D eigenvalue weighted by Crippen LogP contribution is -2.21. The number of rotatable bonds is 9. The maximum Gasteiger partial charge on any atom is 0.227 e. The molecule has 5 N–H and O–H groups in total. The minimum absolute atomic E-state index is 0.0127. The van der Waals surface area contributed by atoms with Crippen molar-refractivity contribution in [1.29, 1.82) is 0 Å². The predicted molar refractivity (Wildman–Crippen MR) is 140 cm³/mol. The number of aromatic nitrogens is 6. The van der Waals surface area contributed by atoms with Gasteiger partial charge in [0.1, 0.15) is 5.82 Å². The zero-order chi connectivity index (χ0) is 25.1. The summed E-state index contributed by atoms with van der Waals surface area (Å²) in [6.45, 7) is 5.75. The Morgan fingerprint density at radius 1 is 1.25 bits per heavy atom. The summed E-state index contributed by atoms with van der Waals surface area (Å²) in [5, 5.41) is 32.5. The lowest BCUT2D eigenvalue weighted by molar-refractivity contribution is 0.0673. The van der Waals surface area contributed by atoms with Gasteiger partial charge in [-0.3, -0.25) is 5.10 Å². The van der Waals surface area contributed by atoms with Gasteiger partial charge < -0.3 is 25.8 Å². The summed E-state index contributed by atoms with van der Waals surface area (Å²) in [4.78, 5) is 9.57. The third-order valence-corrected chi connectivity index (χ3v) is 6.43. The van der Waals surface area contributed by atoms with Crippen molar-refractivity contribution in [1.82, 2.24) is 29.9 Å². The van der Waals surface area contributed by atoms with E-state index in [0.717, 1.165) is 40.8 Å². The number of halogens is 1. The minimum Gasteiger partial charge on any atom is -0.394 e. The van der Waals surface area contributed by atoms with E-state index in [0.29, 0.717) is 42.4 Å². The largest absolute Gasteiger partial charge is 0.394 e. The van der Waals surface area contributed by atoms with E-state index in [2.05, 4.69) is 31.2 Å². The Morgan fingerprint density at radius 2 is 2.08 bits per heavy atom. The second-order valence-corrected chi connectivity index (χ2v) is 9.43. The number of H-pyrrole nitrogens is 1. The predicted octanol–water partition coefficient (Wildman–Crippen LogP) is 4.01. The molecule has 0 bridgehead atoms. The molecule has 0 saturated carbocycles. The van der Waals surface area contributed by atoms with Crippen LogP contribution in [0.15, 0.2) is 30.5 Å². The number of aliphatic hydroxyl groups excluding tert-OH is 1. The van der Waals surface area contributed by atoms with Crippen molar-refractivity contribution in [2.45, 2.75) is 45.3 Å². The number of anilines is 4. The van der Waals surface area contributed by atoms with E-state index in [1.165, 1.54) is 0 Å². The van der Waals surface area contributed by atoms with E-state index in [-0.39, 0.29) is 18.7 Å². The number of ether oxygens (including phenoxy) is 1. The third-order valence-electron chi connectivity index (χ3n) is 6.10. The Morgan fingerprint density at radius 3 is 2.83 bits per heavy atom. The number of benzene rings is 1. The monoisotopic (exact) mass is 511 g/mol. The number of aryl methyl sites for hydroxylation is 1. The number of hydrogen-bond acceptors (Lipinski definition) is 9. The van der Waals surface area contributed by atoms with Gasteiger partial charge in [-0.25, -0.2) is 4.68 Å². The summed E-state index contributed by atoms with van der Waals surface area (Å²) in [6, 6.07) is 7.76. The van der Waals surface area contributed by atoms with Crippen molar-refractivity contribution >= 4 is 45.9 Å². The van der Waals surface area contributed by atoms with Crippen LogP contribution in [0.25, 0.3) is 11.0 Å². The molecule has 11 nitrogen and oxygen atoms in total. The standard InChI is InChI=1S/C24H30ClN9O2/c1-14-9-21(33-32-14)29-22-18-12-27-34(17-5-7-36-8-6-17)23(18)31-24(30-22)26-11-16-3-4-19(25)20(10-16)28-15(2)13-35/h3-4,9-10,12,15,17,28,35H,5-8,11,13H2,1-2H3,(H3,26,29,30,31,32,33). The van der Waals surface area contributed by atoms with Crippen molar-refractivity contribution in [3.63, 3.8) is 0 Å². The van der Waals surface area contributed by atoms with Crippen molar-refractivity contribution in [2.24, 2.45) is 0 Å². The normalized spacial score (nSPS) is 15.2. The third kappa shape index (κ3) is 5.38. The van der Waals surface area contributed by atoms with E-state index in [1.54, 1.807) is 6.20 Å². The highest BCUT2D eigenvalue weighted by Gasteiger charge is 2.22. The molecule has 1 aliphatic rings. The molecule has 4 heterocycles. The van der Waals surface area contributed by atoms with E-state index in [1.807, 2.05) is 42.8 Å². The van der Waals surface area contributed by atoms with Gasteiger partial charge in [0.2, 0.25) is 5.95 Å². The first kappa shape index (κ1) is 24.3. The quantitative estimate of drug-likeness (QED) is 0.225. The minimum atomic E-state index is -0.110. The average Bonchev–Trinajstić information content (AvgIpc) is 3.51. The summed E-state index contributed by atoms with van der Waals surface area (Å²) < 4.78 is 7.52. The fourth-order valence-corrected chi connectivity index (χ4v) is 4.36. The number of nitrogens with zero attached hydrogens (tertiary/aromatic N) is 5. The number of aromatic amines is 1. The van der Waals surface area contributed by atoms with Crippen LogP contribution in [0.2, 0.25) is 5.02 Å². The fraction of sp³-hybridized carbons (Fsp3) is 0.417. The Labute approximate surface area is 213 Å². The molecule has 1 unspecified atom stereocenters. The van der Waals surface area contributed by atoms with Gasteiger partial charge in [0.05, 0.1) is 34.9 Å². The molecule has 36 heavy (non-hydrogen) atoms. The molecule has 0 spiro atoms. The van der Waals surface area contributed by atoms with Crippen LogP contribution >= 0.6 is 11.6 Å². The highest BCUT2D eigenvalue weighted by atomic mass is 35.5. The molecule has 12 heteroatoms. The van der Waals surface area contributed by atoms with Crippen LogP contribution in [0.3, 0.4) is 0 Å². The van der Waals surface area contributed by atoms with Crippen molar-refractivity contribution in [3.05, 3.63) is 46.7 Å². The lowest BCUT2D eigenvalue weighted by atomic mass is 10.1. The van der Waals surface area contributed by atoms with E-state index in [9.17, 15) is 5.11 Å². The van der Waals surface area contributed by atoms with E-state index >= 15 is 0 Å². The molecular formula is C24H30ClN9O2. The van der Waals surface area contributed by atoms with Gasteiger partial charge >= 0.3 is 0 Å². The number of aliphatic hydroxyl groups is 1. The average molecular weight is 512 g/mol. The van der Waals surface area contributed by atoms with E-state index in [4.69, 9.17) is 26.3 Å². The Hall–Kier alpha value is -3.41. The summed E-state index contributed by atoms with van der Waals surface area (Å²) >= 11 is 6.33. The lowest BCUT2D eigenvalue weighted by Gasteiger charge is -2.22. The van der Waals surface area contributed by atoms with Gasteiger partial charge in [0, 0.05) is 37.6 Å². The maximum atomic E-state index is 9.37. The van der Waals surface area contributed by atoms with E-state index < -0.39 is 0 Å². The van der Waals surface area contributed by atoms with Crippen LogP contribution in [0, 0.1) is 6.92 Å². The first-order valence-electron chi connectivity index (χ1n) is 12.0. The van der Waals surface area contributed by atoms with Gasteiger partial charge in [0.25, 0.3) is 0 Å². The zero-order valence-corrected chi connectivity index (χ0v) is 21.0. The highest BCUT2D eigenvalue weighted by molar-refractivity contribution is 6.33. The number of hydrogen-bond donors (Lipinski definition) is 5. The first-order chi connectivity index (χ1) is 17.5. The van der Waals surface area contributed by atoms with Crippen LogP contribution in [-0.4, -0.2) is 60.9 Å². The molecule has 0 radical (unpaired) electrons. The smallest absolute Gasteiger partial charge is 0.227 e. The Bertz CT molecular complexity index is 1330. The van der Waals surface area contributed by atoms with Crippen LogP contribution < -0.4 is 16.0 Å². The maximum absolute atomic E-state index is 9.37. The number of fused-ring (bicyclic) bond motifs is 1. The molecule has 5 rings (SSSR count). The highest BCUT2D eigenvalue weighted by Crippen LogP contribution is 2.30. The Balaban J connectivity index is 1.44. The molecule has 0 aliphatic carbocycles. The summed E-state index contributed by atoms with van der Waals surface area (Å²) in [5.74, 6) is 1.77. The molecular weight excluding hydrogens is 482 g/mol. The van der Waals surface area contributed by atoms with Crippen molar-refractivity contribution in [2.75, 3.05) is 35.8 Å². The van der Waals surface area contributed by atoms with Crippen molar-refractivity contribution < 1.29 is 9.84 Å². The topological polar surface area (TPSA) is 138 Å². The van der Waals surface area contributed by atoms with Crippen molar-refractivity contribution in [3.8, 4) is 0 Å². The molecule has 4 aromatic rings. The molecule has 1 aliphatic heterocycles. The van der Waals surface area contributed by atoms with Crippen LogP contribution in [-0.2, 0) is 11.3 Å². The molecule has 1 saturated heterocycles. The fourth-order valence-electron chi connectivity index (χ4n) is 4.19. The summed E-state index contributed by atoms with van der Waals surface area (Å²) in [7, 11) is 0. The molecule has 0 amide bonds. The second-order valence-electron chi connectivity index (χ2n) is 9.02. The summed E-state index contributed by atoms with van der Waals surface area (Å²) in [6.07, 6.45) is 3.57. The zero-order valence-electron chi connectivity index (χ0n) is 20.3. The molecule has 190 valence electrons. The van der Waals surface area contributed by atoms with Gasteiger partial charge in [-0.1, -0.05) is 17.7 Å². The van der Waals surface area contributed by atoms with Crippen LogP contribution in [0.5, 0.6) is 0 Å². The SMILES string of the molecule is Cc1cc(Nc2nc(NCc3ccc(Cl)c(NC(C)CO)c3)nc3c2cnn3C2CCOCC2)n[nH]1. The first-order valence-corrected chi connectivity index (χ1v) is 12.4. The molecule has 1 aromatic carbocycles. The molecule has 1 atom stereocenters. The van der Waals surface area contributed by atoms with Crippen LogP contribution in [0.1, 0.15) is 37.1 Å². The molecule has 3 aromatic heterocycles. The second kappa shape index (κ2) is 10.7. The van der Waals surface area contributed by atoms with Crippen LogP contribution in [0.4, 0.5) is 23.3 Å². The van der Waals surface area contributed by atoms with Gasteiger partial charge in [-0.05, 0) is 44.4 Å². The molecule has 1 fully saturated rings. The van der Waals surface area contributed by atoms with Gasteiger partial charge in [-0.2, -0.15) is 20.2 Å².